The summed E-state index contributed by atoms with van der Waals surface area (Å²) < 4.78 is 32.3. The molecule has 2 N–H and O–H groups in total. The van der Waals surface area contributed by atoms with Crippen molar-refractivity contribution in [2.75, 3.05) is 10.8 Å². The number of benzene rings is 2. The van der Waals surface area contributed by atoms with Crippen LogP contribution in [-0.4, -0.2) is 32.9 Å². The van der Waals surface area contributed by atoms with Crippen molar-refractivity contribution in [1.29, 1.82) is 0 Å². The summed E-state index contributed by atoms with van der Waals surface area (Å²) in [5.74, 6) is -1.64. The average Bonchev–Trinajstić information content (AvgIpc) is 2.66. The molecule has 0 aliphatic heterocycles. The van der Waals surface area contributed by atoms with Gasteiger partial charge in [0.15, 0.2) is 6.10 Å². The van der Waals surface area contributed by atoms with Gasteiger partial charge in [0.25, 0.3) is 15.9 Å². The van der Waals surface area contributed by atoms with Crippen molar-refractivity contribution >= 4 is 27.6 Å². The lowest BCUT2D eigenvalue weighted by atomic mass is 10.2. The van der Waals surface area contributed by atoms with Gasteiger partial charge in [-0.1, -0.05) is 30.3 Å². The standard InChI is InChI=1S/C19H20N2O5S/c1-3-12-21(16-9-5-4-6-10-16)27(24,25)17-11-7-8-15(13-17)19(23)26-14(2)18(20)22/h3-11,13-14H,1,12H2,2H3,(H2,20,22)/t14-/m1/s1. The number of nitrogens with zero attached hydrogens (tertiary/aromatic N) is 1. The fraction of sp³-hybridized carbons (Fsp3) is 0.158. The molecule has 0 saturated carbocycles. The van der Waals surface area contributed by atoms with Gasteiger partial charge in [0.05, 0.1) is 22.7 Å². The highest BCUT2D eigenvalue weighted by atomic mass is 32.2. The zero-order valence-electron chi connectivity index (χ0n) is 14.7. The van der Waals surface area contributed by atoms with Crippen molar-refractivity contribution in [2.45, 2.75) is 17.9 Å². The predicted molar refractivity (Wildman–Crippen MR) is 102 cm³/mol. The molecule has 0 aliphatic rings. The number of hydrogen-bond donors (Lipinski definition) is 1. The number of amides is 1. The maximum Gasteiger partial charge on any atom is 0.338 e. The Hall–Kier alpha value is -3.13. The Morgan fingerprint density at radius 2 is 1.85 bits per heavy atom. The van der Waals surface area contributed by atoms with Crippen molar-refractivity contribution in [2.24, 2.45) is 5.73 Å². The van der Waals surface area contributed by atoms with Crippen molar-refractivity contribution in [1.82, 2.24) is 0 Å². The van der Waals surface area contributed by atoms with E-state index in [1.165, 1.54) is 41.6 Å². The SMILES string of the molecule is C=CCN(c1ccccc1)S(=O)(=O)c1cccc(C(=O)O[C@H](C)C(N)=O)c1. The highest BCUT2D eigenvalue weighted by molar-refractivity contribution is 7.92. The predicted octanol–water partition coefficient (Wildman–Crippen LogP) is 2.10. The Kier molecular flexibility index (Phi) is 6.36. The van der Waals surface area contributed by atoms with Gasteiger partial charge in [0.2, 0.25) is 0 Å². The molecule has 0 heterocycles. The number of hydrogen-bond acceptors (Lipinski definition) is 5. The third-order valence-electron chi connectivity index (χ3n) is 3.68. The molecule has 2 aromatic rings. The molecule has 8 heteroatoms. The van der Waals surface area contributed by atoms with Gasteiger partial charge in [0.1, 0.15) is 0 Å². The van der Waals surface area contributed by atoms with Crippen LogP contribution in [0.4, 0.5) is 5.69 Å². The molecule has 0 saturated heterocycles. The fourth-order valence-corrected chi connectivity index (χ4v) is 3.73. The Morgan fingerprint density at radius 1 is 1.19 bits per heavy atom. The van der Waals surface area contributed by atoms with Crippen LogP contribution in [0.5, 0.6) is 0 Å². The van der Waals surface area contributed by atoms with E-state index < -0.39 is 28.0 Å². The van der Waals surface area contributed by atoms with Gasteiger partial charge < -0.3 is 10.5 Å². The van der Waals surface area contributed by atoms with Crippen molar-refractivity contribution < 1.29 is 22.7 Å². The number of rotatable bonds is 8. The third-order valence-corrected chi connectivity index (χ3v) is 5.47. The molecule has 2 aromatic carbocycles. The maximum atomic E-state index is 13.1. The molecule has 1 atom stereocenters. The highest BCUT2D eigenvalue weighted by Gasteiger charge is 2.25. The minimum Gasteiger partial charge on any atom is -0.449 e. The van der Waals surface area contributed by atoms with Crippen LogP contribution in [0.15, 0.2) is 72.1 Å². The van der Waals surface area contributed by atoms with Crippen LogP contribution in [0, 0.1) is 0 Å². The van der Waals surface area contributed by atoms with Crippen LogP contribution in [0.2, 0.25) is 0 Å². The summed E-state index contributed by atoms with van der Waals surface area (Å²) in [6, 6.07) is 13.9. The molecule has 1 amide bonds. The van der Waals surface area contributed by atoms with E-state index in [4.69, 9.17) is 10.5 Å². The lowest BCUT2D eigenvalue weighted by Crippen LogP contribution is -2.32. The second kappa shape index (κ2) is 8.50. The molecule has 142 valence electrons. The number of sulfonamides is 1. The summed E-state index contributed by atoms with van der Waals surface area (Å²) in [5, 5.41) is 0. The molecule has 27 heavy (non-hydrogen) atoms. The van der Waals surface area contributed by atoms with E-state index >= 15 is 0 Å². The average molecular weight is 388 g/mol. The maximum absolute atomic E-state index is 13.1. The molecule has 0 unspecified atom stereocenters. The van der Waals surface area contributed by atoms with Gasteiger partial charge in [-0.25, -0.2) is 13.2 Å². The van der Waals surface area contributed by atoms with E-state index in [2.05, 4.69) is 6.58 Å². The Bertz CT molecular complexity index is 942. The molecule has 0 aliphatic carbocycles. The molecule has 0 spiro atoms. The van der Waals surface area contributed by atoms with Gasteiger partial charge >= 0.3 is 5.97 Å². The first-order valence-corrected chi connectivity index (χ1v) is 9.50. The number of carbonyl (C=O) groups excluding carboxylic acids is 2. The van der Waals surface area contributed by atoms with Crippen LogP contribution >= 0.6 is 0 Å². The van der Waals surface area contributed by atoms with E-state index in [0.717, 1.165) is 0 Å². The quantitative estimate of drug-likeness (QED) is 0.550. The number of carbonyl (C=O) groups is 2. The van der Waals surface area contributed by atoms with Crippen LogP contribution in [-0.2, 0) is 19.6 Å². The van der Waals surface area contributed by atoms with E-state index in [-0.39, 0.29) is 17.0 Å². The van der Waals surface area contributed by atoms with Gasteiger partial charge in [0, 0.05) is 0 Å². The van der Waals surface area contributed by atoms with E-state index in [1.54, 1.807) is 30.3 Å². The number of para-hydroxylation sites is 1. The second-order valence-corrected chi connectivity index (χ2v) is 7.50. The summed E-state index contributed by atoms with van der Waals surface area (Å²) in [5.41, 5.74) is 5.53. The Balaban J connectivity index is 2.39. The van der Waals surface area contributed by atoms with Gasteiger partial charge in [-0.2, -0.15) is 0 Å². The monoisotopic (exact) mass is 388 g/mol. The number of primary amides is 1. The molecule has 0 fully saturated rings. The van der Waals surface area contributed by atoms with Crippen LogP contribution < -0.4 is 10.0 Å². The first-order valence-electron chi connectivity index (χ1n) is 8.06. The first kappa shape index (κ1) is 20.2. The molecular formula is C19H20N2O5S. The minimum atomic E-state index is -3.95. The zero-order valence-corrected chi connectivity index (χ0v) is 15.6. The largest absolute Gasteiger partial charge is 0.449 e. The number of esters is 1. The molecular weight excluding hydrogens is 368 g/mol. The summed E-state index contributed by atoms with van der Waals surface area (Å²) >= 11 is 0. The van der Waals surface area contributed by atoms with Gasteiger partial charge in [-0.15, -0.1) is 6.58 Å². The van der Waals surface area contributed by atoms with Crippen molar-refractivity contribution in [3.05, 3.63) is 72.8 Å². The Labute approximate surface area is 158 Å². The van der Waals surface area contributed by atoms with Gasteiger partial charge in [-0.3, -0.25) is 9.10 Å². The highest BCUT2D eigenvalue weighted by Crippen LogP contribution is 2.24. The molecule has 0 bridgehead atoms. The third kappa shape index (κ3) is 4.73. The second-order valence-electron chi connectivity index (χ2n) is 5.64. The normalized spacial score (nSPS) is 12.0. The molecule has 0 radical (unpaired) electrons. The smallest absolute Gasteiger partial charge is 0.338 e. The van der Waals surface area contributed by atoms with Crippen LogP contribution in [0.1, 0.15) is 17.3 Å². The lowest BCUT2D eigenvalue weighted by Gasteiger charge is -2.23. The summed E-state index contributed by atoms with van der Waals surface area (Å²) in [6.45, 7) is 4.99. The molecule has 0 aromatic heterocycles. The molecule has 2 rings (SSSR count). The Morgan fingerprint density at radius 3 is 2.44 bits per heavy atom. The van der Waals surface area contributed by atoms with Gasteiger partial charge in [-0.05, 0) is 37.3 Å². The minimum absolute atomic E-state index is 0.00390. The number of nitrogens with two attached hydrogens (primary N) is 1. The van der Waals surface area contributed by atoms with Crippen molar-refractivity contribution in [3.8, 4) is 0 Å². The lowest BCUT2D eigenvalue weighted by molar-refractivity contribution is -0.125. The topological polar surface area (TPSA) is 107 Å². The summed E-state index contributed by atoms with van der Waals surface area (Å²) in [6.07, 6.45) is 0.344. The summed E-state index contributed by atoms with van der Waals surface area (Å²) in [4.78, 5) is 23.1. The summed E-state index contributed by atoms with van der Waals surface area (Å²) in [7, 11) is -3.95. The van der Waals surface area contributed by atoms with E-state index in [9.17, 15) is 18.0 Å². The van der Waals surface area contributed by atoms with E-state index in [1.807, 2.05) is 0 Å². The van der Waals surface area contributed by atoms with Crippen LogP contribution in [0.3, 0.4) is 0 Å². The molecule has 7 nitrogen and oxygen atoms in total. The number of ether oxygens (including phenoxy) is 1. The fourth-order valence-electron chi connectivity index (χ4n) is 2.25. The van der Waals surface area contributed by atoms with E-state index in [0.29, 0.717) is 5.69 Å². The first-order chi connectivity index (χ1) is 12.8. The zero-order chi connectivity index (χ0) is 20.0. The van der Waals surface area contributed by atoms with Crippen LogP contribution in [0.25, 0.3) is 0 Å². The van der Waals surface area contributed by atoms with Crippen molar-refractivity contribution in [3.63, 3.8) is 0 Å². The number of anilines is 1.